The molecule has 0 bridgehead atoms. The van der Waals surface area contributed by atoms with Crippen LogP contribution in [0.2, 0.25) is 0 Å². The lowest BCUT2D eigenvalue weighted by Crippen LogP contribution is -2.03. The number of hydrogen-bond donors (Lipinski definition) is 0. The molecule has 0 aliphatic carbocycles. The number of ketones is 1. The Bertz CT molecular complexity index is 391. The van der Waals surface area contributed by atoms with Crippen LogP contribution in [0.3, 0.4) is 0 Å². The molecule has 0 aromatic heterocycles. The molecule has 1 unspecified atom stereocenters. The summed E-state index contributed by atoms with van der Waals surface area (Å²) < 4.78 is 25.2. The van der Waals surface area contributed by atoms with Gasteiger partial charge < -0.3 is 0 Å². The fourth-order valence-electron chi connectivity index (χ4n) is 1.46. The third-order valence-corrected chi connectivity index (χ3v) is 2.91. The number of hydrogen-bond acceptors (Lipinski definition) is 1. The van der Waals surface area contributed by atoms with Crippen LogP contribution in [-0.2, 0) is 11.2 Å². The molecule has 16 heavy (non-hydrogen) atoms. The molecule has 0 radical (unpaired) electrons. The molecular weight excluding hydrogens is 234 g/mol. The zero-order chi connectivity index (χ0) is 12.3. The van der Waals surface area contributed by atoms with Crippen molar-refractivity contribution >= 4 is 17.4 Å². The third-order valence-electron chi connectivity index (χ3n) is 2.35. The molecular formula is C12H13ClF2O. The van der Waals surface area contributed by atoms with Gasteiger partial charge in [0, 0.05) is 5.56 Å². The Labute approximate surface area is 98.4 Å². The van der Waals surface area contributed by atoms with Gasteiger partial charge in [0.2, 0.25) is 0 Å². The molecule has 0 spiro atoms. The summed E-state index contributed by atoms with van der Waals surface area (Å²) in [5.41, 5.74) is 1.13. The van der Waals surface area contributed by atoms with Crippen molar-refractivity contribution in [1.82, 2.24) is 0 Å². The molecule has 1 aromatic carbocycles. The van der Waals surface area contributed by atoms with Crippen LogP contribution in [0.15, 0.2) is 18.2 Å². The number of benzene rings is 1. The number of halogens is 3. The largest absolute Gasteiger partial charge is 0.298 e. The molecule has 1 rings (SSSR count). The Kier molecular flexibility index (Phi) is 4.42. The Morgan fingerprint density at radius 1 is 1.31 bits per heavy atom. The normalized spacial score (nSPS) is 12.9. The van der Waals surface area contributed by atoms with E-state index in [4.69, 9.17) is 11.6 Å². The predicted octanol–water partition coefficient (Wildman–Crippen LogP) is 4.06. The van der Waals surface area contributed by atoms with Crippen LogP contribution < -0.4 is 0 Å². The Balaban J connectivity index is 3.18. The number of carbonyl (C=O) groups is 1. The Morgan fingerprint density at radius 2 is 1.88 bits per heavy atom. The average molecular weight is 247 g/mol. The first-order chi connectivity index (χ1) is 7.45. The van der Waals surface area contributed by atoms with Gasteiger partial charge in [-0.1, -0.05) is 19.1 Å². The molecule has 0 aliphatic heterocycles. The van der Waals surface area contributed by atoms with E-state index < -0.39 is 11.8 Å². The van der Waals surface area contributed by atoms with Crippen molar-refractivity contribution in [2.45, 2.75) is 32.1 Å². The molecule has 1 atom stereocenters. The van der Waals surface area contributed by atoms with Crippen molar-refractivity contribution in [2.75, 3.05) is 0 Å². The van der Waals surface area contributed by atoms with Crippen LogP contribution in [-0.4, -0.2) is 5.78 Å². The number of aryl methyl sites for hydroxylation is 1. The highest BCUT2D eigenvalue weighted by Crippen LogP contribution is 2.28. The summed E-state index contributed by atoms with van der Waals surface area (Å²) >= 11 is 5.85. The first-order valence-electron chi connectivity index (χ1n) is 5.02. The second-order valence-electron chi connectivity index (χ2n) is 3.64. The molecule has 88 valence electrons. The minimum absolute atomic E-state index is 0.0822. The van der Waals surface area contributed by atoms with Crippen molar-refractivity contribution in [3.8, 4) is 0 Å². The first kappa shape index (κ1) is 13.1. The van der Waals surface area contributed by atoms with Crippen molar-refractivity contribution in [2.24, 2.45) is 0 Å². The minimum Gasteiger partial charge on any atom is -0.298 e. The second-order valence-corrected chi connectivity index (χ2v) is 4.07. The summed E-state index contributed by atoms with van der Waals surface area (Å²) in [7, 11) is 0. The van der Waals surface area contributed by atoms with Gasteiger partial charge in [-0.2, -0.15) is 0 Å². The number of Topliss-reactive ketones (excluding diaryl/α,β-unsaturated/α-hetero) is 1. The molecule has 0 fully saturated rings. The van der Waals surface area contributed by atoms with Crippen LogP contribution in [0, 0.1) is 0 Å². The van der Waals surface area contributed by atoms with Crippen molar-refractivity contribution in [3.05, 3.63) is 34.9 Å². The highest BCUT2D eigenvalue weighted by Gasteiger charge is 2.17. The van der Waals surface area contributed by atoms with E-state index in [9.17, 15) is 13.6 Å². The Morgan fingerprint density at radius 3 is 2.31 bits per heavy atom. The van der Waals surface area contributed by atoms with Crippen molar-refractivity contribution in [3.63, 3.8) is 0 Å². The fourth-order valence-corrected chi connectivity index (χ4v) is 1.58. The monoisotopic (exact) mass is 246 g/mol. The van der Waals surface area contributed by atoms with Crippen molar-refractivity contribution < 1.29 is 13.6 Å². The van der Waals surface area contributed by atoms with E-state index in [0.717, 1.165) is 5.56 Å². The molecule has 0 saturated heterocycles. The molecule has 0 aliphatic rings. The van der Waals surface area contributed by atoms with Crippen molar-refractivity contribution in [1.29, 1.82) is 0 Å². The quantitative estimate of drug-likeness (QED) is 0.733. The number of carbonyl (C=O) groups excluding carboxylic acids is 1. The van der Waals surface area contributed by atoms with Gasteiger partial charge in [-0.15, -0.1) is 11.6 Å². The van der Waals surface area contributed by atoms with E-state index in [1.165, 1.54) is 19.1 Å². The van der Waals surface area contributed by atoms with Crippen LogP contribution in [0.4, 0.5) is 8.78 Å². The smallest absolute Gasteiger partial charge is 0.263 e. The SMILES string of the molecule is CCc1cc(C(F)F)cc(C(Cl)C(C)=O)c1. The summed E-state index contributed by atoms with van der Waals surface area (Å²) in [6, 6.07) is 4.44. The molecule has 1 aromatic rings. The molecule has 0 heterocycles. The van der Waals surface area contributed by atoms with E-state index in [1.807, 2.05) is 6.92 Å². The summed E-state index contributed by atoms with van der Waals surface area (Å²) in [5, 5.41) is -0.844. The lowest BCUT2D eigenvalue weighted by atomic mass is 10.0. The lowest BCUT2D eigenvalue weighted by molar-refractivity contribution is -0.116. The molecule has 0 amide bonds. The summed E-state index contributed by atoms with van der Waals surface area (Å²) in [6.45, 7) is 3.21. The molecule has 0 N–H and O–H groups in total. The van der Waals surface area contributed by atoms with Crippen LogP contribution >= 0.6 is 11.6 Å². The van der Waals surface area contributed by atoms with Gasteiger partial charge in [0.1, 0.15) is 5.38 Å². The van der Waals surface area contributed by atoms with Gasteiger partial charge in [0.15, 0.2) is 5.78 Å². The maximum absolute atomic E-state index is 12.6. The lowest BCUT2D eigenvalue weighted by Gasteiger charge is -2.11. The van der Waals surface area contributed by atoms with Gasteiger partial charge in [-0.05, 0) is 30.5 Å². The molecule has 1 nitrogen and oxygen atoms in total. The third kappa shape index (κ3) is 3.01. The van der Waals surface area contributed by atoms with Gasteiger partial charge >= 0.3 is 0 Å². The van der Waals surface area contributed by atoms with Crippen LogP contribution in [0.5, 0.6) is 0 Å². The van der Waals surface area contributed by atoms with Gasteiger partial charge in [-0.25, -0.2) is 8.78 Å². The van der Waals surface area contributed by atoms with E-state index in [1.54, 1.807) is 6.07 Å². The van der Waals surface area contributed by atoms with Crippen LogP contribution in [0.1, 0.15) is 42.3 Å². The van der Waals surface area contributed by atoms with E-state index in [-0.39, 0.29) is 11.3 Å². The van der Waals surface area contributed by atoms with Crippen LogP contribution in [0.25, 0.3) is 0 Å². The topological polar surface area (TPSA) is 17.1 Å². The standard InChI is InChI=1S/C12H13ClF2O/c1-3-8-4-9(11(13)7(2)16)6-10(5-8)12(14)15/h4-6,11-12H,3H2,1-2H3. The predicted molar refractivity (Wildman–Crippen MR) is 60.1 cm³/mol. The van der Waals surface area contributed by atoms with E-state index >= 15 is 0 Å². The van der Waals surface area contributed by atoms with E-state index in [2.05, 4.69) is 0 Å². The van der Waals surface area contributed by atoms with Gasteiger partial charge in [-0.3, -0.25) is 4.79 Å². The zero-order valence-corrected chi connectivity index (χ0v) is 9.89. The number of alkyl halides is 3. The highest BCUT2D eigenvalue weighted by atomic mass is 35.5. The Hall–Kier alpha value is -0.960. The van der Waals surface area contributed by atoms with E-state index in [0.29, 0.717) is 12.0 Å². The van der Waals surface area contributed by atoms with Gasteiger partial charge in [0.25, 0.3) is 6.43 Å². The average Bonchev–Trinajstić information content (AvgIpc) is 2.27. The maximum Gasteiger partial charge on any atom is 0.263 e. The minimum atomic E-state index is -2.54. The zero-order valence-electron chi connectivity index (χ0n) is 9.14. The summed E-state index contributed by atoms with van der Waals surface area (Å²) in [4.78, 5) is 11.1. The summed E-state index contributed by atoms with van der Waals surface area (Å²) in [6.07, 6.45) is -1.91. The second kappa shape index (κ2) is 5.39. The van der Waals surface area contributed by atoms with Gasteiger partial charge in [0.05, 0.1) is 0 Å². The molecule has 0 saturated carbocycles. The number of rotatable bonds is 4. The summed E-state index contributed by atoms with van der Waals surface area (Å²) in [5.74, 6) is -0.241. The maximum atomic E-state index is 12.6. The molecule has 4 heteroatoms. The highest BCUT2D eigenvalue weighted by molar-refractivity contribution is 6.30. The first-order valence-corrected chi connectivity index (χ1v) is 5.45. The fraction of sp³-hybridized carbons (Fsp3) is 0.417.